The van der Waals surface area contributed by atoms with Crippen LogP contribution in [0.5, 0.6) is 0 Å². The second kappa shape index (κ2) is 15.8. The summed E-state index contributed by atoms with van der Waals surface area (Å²) in [5.41, 5.74) is 0. The minimum absolute atomic E-state index is 0. The normalized spacial score (nSPS) is 11.8. The molecule has 140 valence electrons. The Balaban J connectivity index is 0. The average Bonchev–Trinajstić information content (AvgIpc) is 2.54. The summed E-state index contributed by atoms with van der Waals surface area (Å²) in [6.07, 6.45) is 7.01. The molecule has 0 fully saturated rings. The summed E-state index contributed by atoms with van der Waals surface area (Å²) in [4.78, 5) is 48.5. The van der Waals surface area contributed by atoms with E-state index in [1.54, 1.807) is 45.1 Å². The van der Waals surface area contributed by atoms with Gasteiger partial charge in [0.05, 0.1) is 25.0 Å². The quantitative estimate of drug-likeness (QED) is 0.238. The molecule has 7 nitrogen and oxygen atoms in total. The first-order valence-electron chi connectivity index (χ1n) is 8.32. The monoisotopic (exact) mass is 375 g/mol. The van der Waals surface area contributed by atoms with Crippen molar-refractivity contribution in [2.45, 2.75) is 58.9 Å². The number of amides is 2. The number of hydrogen-bond acceptors (Lipinski definition) is 6. The van der Waals surface area contributed by atoms with Crippen molar-refractivity contribution in [2.24, 2.45) is 0 Å². The van der Waals surface area contributed by atoms with Crippen molar-refractivity contribution in [2.75, 3.05) is 6.61 Å². The summed E-state index contributed by atoms with van der Waals surface area (Å²) in [5.74, 6) is -3.76. The molecule has 8 heteroatoms. The van der Waals surface area contributed by atoms with Gasteiger partial charge in [-0.1, -0.05) is 24.3 Å². The molecule has 1 unspecified atom stereocenters. The second-order valence-electron chi connectivity index (χ2n) is 5.22. The van der Waals surface area contributed by atoms with Crippen LogP contribution in [0.15, 0.2) is 24.3 Å². The van der Waals surface area contributed by atoms with Gasteiger partial charge in [-0.05, 0) is 33.6 Å². The molecule has 0 saturated heterocycles. The predicted octanol–water partition coefficient (Wildman–Crippen LogP) is -1.87. The largest absolute Gasteiger partial charge is 1.00 e. The molecule has 0 aromatic heterocycles. The van der Waals surface area contributed by atoms with Crippen molar-refractivity contribution in [1.82, 2.24) is 4.90 Å². The number of carboxylic acids is 1. The fourth-order valence-corrected chi connectivity index (χ4v) is 2.13. The van der Waals surface area contributed by atoms with Crippen molar-refractivity contribution in [3.63, 3.8) is 0 Å². The van der Waals surface area contributed by atoms with E-state index in [9.17, 15) is 24.3 Å². The van der Waals surface area contributed by atoms with Crippen LogP contribution in [0, 0.1) is 0 Å². The van der Waals surface area contributed by atoms with Gasteiger partial charge in [0, 0.05) is 12.8 Å². The van der Waals surface area contributed by atoms with E-state index in [1.165, 1.54) is 0 Å². The molecule has 0 radical (unpaired) electrons. The maximum Gasteiger partial charge on any atom is 1.00 e. The number of carbonyl (C=O) groups excluding carboxylic acids is 4. The zero-order valence-electron chi connectivity index (χ0n) is 16.0. The number of hydrogen-bond donors (Lipinski definition) is 0. The zero-order chi connectivity index (χ0) is 19.2. The Morgan fingerprint density at radius 3 is 1.81 bits per heavy atom. The van der Waals surface area contributed by atoms with E-state index in [0.717, 1.165) is 0 Å². The number of ether oxygens (including phenoxy) is 1. The molecule has 0 aromatic carbocycles. The van der Waals surface area contributed by atoms with Crippen LogP contribution in [0.25, 0.3) is 0 Å². The van der Waals surface area contributed by atoms with Gasteiger partial charge in [0.25, 0.3) is 0 Å². The molecule has 26 heavy (non-hydrogen) atoms. The summed E-state index contributed by atoms with van der Waals surface area (Å²) in [7, 11) is 0. The fourth-order valence-electron chi connectivity index (χ4n) is 2.13. The van der Waals surface area contributed by atoms with Crippen molar-refractivity contribution < 1.29 is 58.6 Å². The molecule has 0 bridgehead atoms. The summed E-state index contributed by atoms with van der Waals surface area (Å²) >= 11 is 0. The number of aliphatic carboxylic acids is 1. The van der Waals surface area contributed by atoms with Crippen LogP contribution in [0.4, 0.5) is 0 Å². The van der Waals surface area contributed by atoms with Crippen molar-refractivity contribution in [3.8, 4) is 0 Å². The predicted molar refractivity (Wildman–Crippen MR) is 90.0 cm³/mol. The second-order valence-corrected chi connectivity index (χ2v) is 5.22. The van der Waals surface area contributed by atoms with Gasteiger partial charge >= 0.3 is 35.5 Å². The van der Waals surface area contributed by atoms with E-state index in [4.69, 9.17) is 4.74 Å². The summed E-state index contributed by atoms with van der Waals surface area (Å²) in [5, 5.41) is 11.5. The van der Waals surface area contributed by atoms with Crippen LogP contribution in [0.2, 0.25) is 0 Å². The van der Waals surface area contributed by atoms with Gasteiger partial charge in [0.15, 0.2) is 0 Å². The molecule has 0 aromatic rings. The van der Waals surface area contributed by atoms with Gasteiger partial charge in [0.2, 0.25) is 11.8 Å². The van der Waals surface area contributed by atoms with E-state index in [-0.39, 0.29) is 49.0 Å². The minimum Gasteiger partial charge on any atom is -0.548 e. The molecule has 0 aliphatic heterocycles. The summed E-state index contributed by atoms with van der Waals surface area (Å²) < 4.78 is 4.73. The van der Waals surface area contributed by atoms with Crippen molar-refractivity contribution in [1.29, 1.82) is 0 Å². The Labute approximate surface area is 176 Å². The smallest absolute Gasteiger partial charge is 0.548 e. The minimum atomic E-state index is -1.67. The SMILES string of the molecule is C/C=C/CCC(=O)N(C(=O)CC/C=C/C)C(CC(=O)OCC)C(=O)[O-].[Na+]. The molecule has 2 amide bonds. The molecule has 0 saturated carbocycles. The van der Waals surface area contributed by atoms with E-state index in [1.807, 2.05) is 0 Å². The Hall–Kier alpha value is -1.44. The fraction of sp³-hybridized carbons (Fsp3) is 0.556. The van der Waals surface area contributed by atoms with E-state index >= 15 is 0 Å². The number of esters is 1. The van der Waals surface area contributed by atoms with Gasteiger partial charge in [0.1, 0.15) is 0 Å². The van der Waals surface area contributed by atoms with Crippen LogP contribution in [-0.4, -0.2) is 41.3 Å². The number of carbonyl (C=O) groups is 4. The molecular formula is C18H26NNaO6. The number of carboxylic acid groups (broad SMARTS) is 1. The molecule has 0 N–H and O–H groups in total. The zero-order valence-corrected chi connectivity index (χ0v) is 18.0. The van der Waals surface area contributed by atoms with Crippen LogP contribution in [-0.2, 0) is 23.9 Å². The summed E-state index contributed by atoms with van der Waals surface area (Å²) in [6, 6.07) is -1.67. The molecule has 0 aliphatic rings. The molecule has 0 aliphatic carbocycles. The maximum atomic E-state index is 12.4. The van der Waals surface area contributed by atoms with Crippen molar-refractivity contribution in [3.05, 3.63) is 24.3 Å². The third-order valence-electron chi connectivity index (χ3n) is 3.31. The molecule has 0 rings (SSSR count). The van der Waals surface area contributed by atoms with E-state index in [2.05, 4.69) is 0 Å². The maximum absolute atomic E-state index is 12.4. The molecular weight excluding hydrogens is 349 g/mol. The van der Waals surface area contributed by atoms with Crippen LogP contribution >= 0.6 is 0 Å². The first kappa shape index (κ1) is 26.8. The Bertz CT molecular complexity index is 502. The van der Waals surface area contributed by atoms with Gasteiger partial charge in [-0.3, -0.25) is 19.3 Å². The third-order valence-corrected chi connectivity index (χ3v) is 3.31. The van der Waals surface area contributed by atoms with Gasteiger partial charge in [-0.25, -0.2) is 0 Å². The van der Waals surface area contributed by atoms with Gasteiger partial charge < -0.3 is 14.6 Å². The van der Waals surface area contributed by atoms with Crippen LogP contribution in [0.3, 0.4) is 0 Å². The van der Waals surface area contributed by atoms with Crippen LogP contribution < -0.4 is 34.7 Å². The Morgan fingerprint density at radius 1 is 1.00 bits per heavy atom. The third kappa shape index (κ3) is 10.5. The standard InChI is InChI=1S/C18H27NO6.Na/c1-4-7-9-11-15(20)19(16(21)12-10-8-5-2)14(18(23)24)13-17(22)25-6-3;/h4-5,7-8,14H,6,9-13H2,1-3H3,(H,23,24);/q;+1/p-1/b7-4+,8-5+;. The van der Waals surface area contributed by atoms with Crippen molar-refractivity contribution >= 4 is 23.8 Å². The number of nitrogens with zero attached hydrogens (tertiary/aromatic N) is 1. The molecule has 0 spiro atoms. The van der Waals surface area contributed by atoms with E-state index < -0.39 is 36.2 Å². The summed E-state index contributed by atoms with van der Waals surface area (Å²) in [6.45, 7) is 5.22. The molecule has 1 atom stereocenters. The topological polar surface area (TPSA) is 104 Å². The van der Waals surface area contributed by atoms with Gasteiger partial charge in [-0.15, -0.1) is 0 Å². The first-order chi connectivity index (χ1) is 11.9. The Morgan fingerprint density at radius 2 is 1.46 bits per heavy atom. The van der Waals surface area contributed by atoms with Gasteiger partial charge in [-0.2, -0.15) is 0 Å². The van der Waals surface area contributed by atoms with E-state index in [0.29, 0.717) is 17.7 Å². The first-order valence-corrected chi connectivity index (χ1v) is 8.32. The molecule has 0 heterocycles. The number of rotatable bonds is 11. The average molecular weight is 375 g/mol. The number of allylic oxidation sites excluding steroid dienone is 4. The Kier molecular flexibility index (Phi) is 16.3. The van der Waals surface area contributed by atoms with Crippen LogP contribution in [0.1, 0.15) is 52.9 Å². The number of imide groups is 1.